The first kappa shape index (κ1) is 11.0. The standard InChI is InChI=1S/C9H9F4N/c10-5-8(14)6-3-1-2-4-7(6)9(11,12)13/h1-4,8H,5,14H2/t8-/m1/s1. The molecule has 0 radical (unpaired) electrons. The Labute approximate surface area is 78.5 Å². The van der Waals surface area contributed by atoms with Crippen LogP contribution < -0.4 is 5.73 Å². The molecule has 1 rings (SSSR count). The summed E-state index contributed by atoms with van der Waals surface area (Å²) >= 11 is 0. The molecule has 2 N–H and O–H groups in total. The van der Waals surface area contributed by atoms with Gasteiger partial charge in [-0.1, -0.05) is 18.2 Å². The van der Waals surface area contributed by atoms with Gasteiger partial charge in [-0.25, -0.2) is 4.39 Å². The van der Waals surface area contributed by atoms with Crippen LogP contribution in [-0.2, 0) is 6.18 Å². The van der Waals surface area contributed by atoms with Gasteiger partial charge >= 0.3 is 6.18 Å². The minimum atomic E-state index is -4.48. The maximum atomic E-state index is 12.4. The van der Waals surface area contributed by atoms with Crippen molar-refractivity contribution in [2.75, 3.05) is 6.67 Å². The molecule has 0 aromatic heterocycles. The Bertz CT molecular complexity index is 308. The Morgan fingerprint density at radius 3 is 2.29 bits per heavy atom. The van der Waals surface area contributed by atoms with Crippen molar-refractivity contribution in [1.82, 2.24) is 0 Å². The average Bonchev–Trinajstić information content (AvgIpc) is 2.15. The molecule has 0 spiro atoms. The SMILES string of the molecule is N[C@H](CF)c1ccccc1C(F)(F)F. The molecule has 14 heavy (non-hydrogen) atoms. The van der Waals surface area contributed by atoms with Gasteiger partial charge in [0.2, 0.25) is 0 Å². The lowest BCUT2D eigenvalue weighted by Gasteiger charge is -2.15. The van der Waals surface area contributed by atoms with Crippen LogP contribution in [0.25, 0.3) is 0 Å². The lowest BCUT2D eigenvalue weighted by atomic mass is 10.0. The summed E-state index contributed by atoms with van der Waals surface area (Å²) in [5.41, 5.74) is 4.14. The predicted octanol–water partition coefficient (Wildman–Crippen LogP) is 2.67. The van der Waals surface area contributed by atoms with E-state index in [0.717, 1.165) is 6.07 Å². The third-order valence-electron chi connectivity index (χ3n) is 1.83. The maximum Gasteiger partial charge on any atom is 0.416 e. The van der Waals surface area contributed by atoms with Gasteiger partial charge in [-0.3, -0.25) is 0 Å². The van der Waals surface area contributed by atoms with Crippen molar-refractivity contribution in [3.05, 3.63) is 35.4 Å². The highest BCUT2D eigenvalue weighted by atomic mass is 19.4. The highest BCUT2D eigenvalue weighted by molar-refractivity contribution is 5.32. The molecule has 0 bridgehead atoms. The molecule has 1 atom stereocenters. The van der Waals surface area contributed by atoms with Gasteiger partial charge in [0.25, 0.3) is 0 Å². The molecule has 0 aliphatic rings. The van der Waals surface area contributed by atoms with E-state index in [1.54, 1.807) is 0 Å². The fourth-order valence-electron chi connectivity index (χ4n) is 1.16. The summed E-state index contributed by atoms with van der Waals surface area (Å²) < 4.78 is 49.2. The van der Waals surface area contributed by atoms with Gasteiger partial charge in [0.1, 0.15) is 6.67 Å². The van der Waals surface area contributed by atoms with E-state index in [0.29, 0.717) is 0 Å². The van der Waals surface area contributed by atoms with Crippen molar-refractivity contribution in [3.63, 3.8) is 0 Å². The molecule has 0 aliphatic carbocycles. The summed E-state index contributed by atoms with van der Waals surface area (Å²) in [5.74, 6) is 0. The number of nitrogens with two attached hydrogens (primary N) is 1. The Morgan fingerprint density at radius 2 is 1.79 bits per heavy atom. The van der Waals surface area contributed by atoms with Crippen LogP contribution in [0, 0.1) is 0 Å². The molecule has 1 nitrogen and oxygen atoms in total. The van der Waals surface area contributed by atoms with Gasteiger partial charge in [0, 0.05) is 0 Å². The van der Waals surface area contributed by atoms with E-state index in [1.807, 2.05) is 0 Å². The Morgan fingerprint density at radius 1 is 1.21 bits per heavy atom. The highest BCUT2D eigenvalue weighted by Crippen LogP contribution is 2.33. The van der Waals surface area contributed by atoms with E-state index >= 15 is 0 Å². The van der Waals surface area contributed by atoms with Crippen molar-refractivity contribution in [3.8, 4) is 0 Å². The smallest absolute Gasteiger partial charge is 0.322 e. The van der Waals surface area contributed by atoms with E-state index in [-0.39, 0.29) is 5.56 Å². The molecule has 1 aromatic carbocycles. The molecule has 0 saturated heterocycles. The van der Waals surface area contributed by atoms with Crippen LogP contribution in [0.4, 0.5) is 17.6 Å². The van der Waals surface area contributed by atoms with Gasteiger partial charge in [0.05, 0.1) is 11.6 Å². The summed E-state index contributed by atoms with van der Waals surface area (Å²) in [6, 6.07) is 3.52. The second-order valence-electron chi connectivity index (χ2n) is 2.85. The van der Waals surface area contributed by atoms with Crippen LogP contribution in [0.15, 0.2) is 24.3 Å². The zero-order valence-corrected chi connectivity index (χ0v) is 7.18. The van der Waals surface area contributed by atoms with Crippen molar-refractivity contribution in [1.29, 1.82) is 0 Å². The largest absolute Gasteiger partial charge is 0.416 e. The van der Waals surface area contributed by atoms with E-state index in [2.05, 4.69) is 0 Å². The number of rotatable bonds is 2. The van der Waals surface area contributed by atoms with Crippen molar-refractivity contribution >= 4 is 0 Å². The van der Waals surface area contributed by atoms with Gasteiger partial charge < -0.3 is 5.73 Å². The van der Waals surface area contributed by atoms with Gasteiger partial charge in [0.15, 0.2) is 0 Å². The van der Waals surface area contributed by atoms with E-state index < -0.39 is 24.5 Å². The number of alkyl halides is 4. The lowest BCUT2D eigenvalue weighted by molar-refractivity contribution is -0.138. The zero-order valence-electron chi connectivity index (χ0n) is 7.18. The van der Waals surface area contributed by atoms with Crippen LogP contribution >= 0.6 is 0 Å². The summed E-state index contributed by atoms with van der Waals surface area (Å²) in [6.07, 6.45) is -4.48. The summed E-state index contributed by atoms with van der Waals surface area (Å²) in [6.45, 7) is -1.01. The maximum absolute atomic E-state index is 12.4. The summed E-state index contributed by atoms with van der Waals surface area (Å²) in [5, 5.41) is 0. The first-order chi connectivity index (χ1) is 6.46. The van der Waals surface area contributed by atoms with Gasteiger partial charge in [-0.05, 0) is 11.6 Å². The highest BCUT2D eigenvalue weighted by Gasteiger charge is 2.34. The monoisotopic (exact) mass is 207 g/mol. The third kappa shape index (κ3) is 2.23. The van der Waals surface area contributed by atoms with Crippen LogP contribution in [0.2, 0.25) is 0 Å². The fourth-order valence-corrected chi connectivity index (χ4v) is 1.16. The lowest BCUT2D eigenvalue weighted by Crippen LogP contribution is -2.18. The molecule has 0 unspecified atom stereocenters. The normalized spacial score (nSPS) is 14.1. The number of benzene rings is 1. The van der Waals surface area contributed by atoms with Crippen LogP contribution in [0.3, 0.4) is 0 Å². The Balaban J connectivity index is 3.16. The molecule has 0 amide bonds. The molecule has 1 aromatic rings. The first-order valence-electron chi connectivity index (χ1n) is 3.94. The molecule has 0 heterocycles. The Kier molecular flexibility index (Phi) is 3.10. The Hall–Kier alpha value is -1.10. The molecule has 78 valence electrons. The van der Waals surface area contributed by atoms with Crippen LogP contribution in [0.1, 0.15) is 17.2 Å². The van der Waals surface area contributed by atoms with Crippen molar-refractivity contribution in [2.45, 2.75) is 12.2 Å². The van der Waals surface area contributed by atoms with Crippen LogP contribution in [0.5, 0.6) is 0 Å². The summed E-state index contributed by atoms with van der Waals surface area (Å²) in [4.78, 5) is 0. The molecule has 5 heteroatoms. The molecule has 0 saturated carbocycles. The van der Waals surface area contributed by atoms with Crippen molar-refractivity contribution in [2.24, 2.45) is 5.73 Å². The number of halogens is 4. The van der Waals surface area contributed by atoms with E-state index in [1.165, 1.54) is 18.2 Å². The topological polar surface area (TPSA) is 26.0 Å². The van der Waals surface area contributed by atoms with E-state index in [9.17, 15) is 17.6 Å². The molecule has 0 fully saturated rings. The second-order valence-corrected chi connectivity index (χ2v) is 2.85. The molecule has 0 aliphatic heterocycles. The molecular formula is C9H9F4N. The predicted molar refractivity (Wildman–Crippen MR) is 44.3 cm³/mol. The quantitative estimate of drug-likeness (QED) is 0.741. The third-order valence-corrected chi connectivity index (χ3v) is 1.83. The van der Waals surface area contributed by atoms with Gasteiger partial charge in [-0.2, -0.15) is 13.2 Å². The number of hydrogen-bond acceptors (Lipinski definition) is 1. The fraction of sp³-hybridized carbons (Fsp3) is 0.333. The number of hydrogen-bond donors (Lipinski definition) is 1. The van der Waals surface area contributed by atoms with E-state index in [4.69, 9.17) is 5.73 Å². The summed E-state index contributed by atoms with van der Waals surface area (Å²) in [7, 11) is 0. The average molecular weight is 207 g/mol. The minimum Gasteiger partial charge on any atom is -0.322 e. The van der Waals surface area contributed by atoms with Gasteiger partial charge in [-0.15, -0.1) is 0 Å². The van der Waals surface area contributed by atoms with Crippen LogP contribution in [-0.4, -0.2) is 6.67 Å². The second kappa shape index (κ2) is 3.96. The minimum absolute atomic E-state index is 0.206. The van der Waals surface area contributed by atoms with Crippen molar-refractivity contribution < 1.29 is 17.6 Å². The first-order valence-corrected chi connectivity index (χ1v) is 3.94. The molecular weight excluding hydrogens is 198 g/mol. The zero-order chi connectivity index (χ0) is 10.8.